The lowest BCUT2D eigenvalue weighted by Gasteiger charge is -2.41. The summed E-state index contributed by atoms with van der Waals surface area (Å²) in [5.74, 6) is 1.25. The molecule has 3 heterocycles. The molecule has 2 aliphatic heterocycles. The first-order chi connectivity index (χ1) is 10.3. The number of carbonyl (C=O) groups excluding carboxylic acids is 1. The predicted octanol–water partition coefficient (Wildman–Crippen LogP) is 1.04. The van der Waals surface area contributed by atoms with Gasteiger partial charge in [-0.3, -0.25) is 9.69 Å². The average Bonchev–Trinajstić information content (AvgIpc) is 3.08. The van der Waals surface area contributed by atoms with Crippen molar-refractivity contribution in [2.75, 3.05) is 39.4 Å². The Bertz CT molecular complexity index is 456. The van der Waals surface area contributed by atoms with Gasteiger partial charge < -0.3 is 14.6 Å². The average molecular weight is 292 g/mol. The summed E-state index contributed by atoms with van der Waals surface area (Å²) < 4.78 is 5.46. The quantitative estimate of drug-likeness (QED) is 0.904. The van der Waals surface area contributed by atoms with Gasteiger partial charge >= 0.3 is 0 Å². The molecule has 2 saturated heterocycles. The molecule has 1 aromatic heterocycles. The van der Waals surface area contributed by atoms with Crippen LogP contribution in [0.2, 0.25) is 0 Å². The molecule has 0 bridgehead atoms. The lowest BCUT2D eigenvalue weighted by Crippen LogP contribution is -2.52. The number of hydrogen-bond donors (Lipinski definition) is 1. The molecule has 1 amide bonds. The second kappa shape index (κ2) is 6.58. The number of imidazole rings is 1. The van der Waals surface area contributed by atoms with Gasteiger partial charge in [0.1, 0.15) is 5.82 Å². The standard InChI is InChI=1S/C15H24N4O2/c1-2-18-7-8-19(10-13(18)14-16-5-6-17-14)15(20)12-4-3-9-21-11-12/h5-6,12-13H,2-4,7-11H2,1H3,(H,16,17)/t12-,13-/m0/s1. The minimum absolute atomic E-state index is 0.0455. The van der Waals surface area contributed by atoms with Crippen LogP contribution in [-0.4, -0.2) is 65.1 Å². The number of amides is 1. The monoisotopic (exact) mass is 292 g/mol. The SMILES string of the molecule is CCN1CCN(C(=O)[C@H]2CCCOC2)C[C@H]1c1ncc[nH]1. The number of nitrogens with one attached hydrogen (secondary N) is 1. The highest BCUT2D eigenvalue weighted by molar-refractivity contribution is 5.79. The number of aromatic nitrogens is 2. The van der Waals surface area contributed by atoms with E-state index >= 15 is 0 Å². The Kier molecular flexibility index (Phi) is 4.55. The molecule has 1 aromatic rings. The number of nitrogens with zero attached hydrogens (tertiary/aromatic N) is 3. The van der Waals surface area contributed by atoms with Crippen LogP contribution in [0.5, 0.6) is 0 Å². The fourth-order valence-electron chi connectivity index (χ4n) is 3.31. The Morgan fingerprint density at radius 2 is 2.43 bits per heavy atom. The predicted molar refractivity (Wildman–Crippen MR) is 78.7 cm³/mol. The van der Waals surface area contributed by atoms with Crippen LogP contribution >= 0.6 is 0 Å². The zero-order valence-electron chi connectivity index (χ0n) is 12.6. The highest BCUT2D eigenvalue weighted by atomic mass is 16.5. The van der Waals surface area contributed by atoms with Gasteiger partial charge in [-0.2, -0.15) is 0 Å². The second-order valence-electron chi connectivity index (χ2n) is 5.82. The molecule has 6 heteroatoms. The second-order valence-corrected chi connectivity index (χ2v) is 5.82. The van der Waals surface area contributed by atoms with E-state index in [0.29, 0.717) is 6.61 Å². The summed E-state index contributed by atoms with van der Waals surface area (Å²) in [4.78, 5) is 24.6. The molecule has 3 rings (SSSR count). The molecule has 0 spiro atoms. The number of rotatable bonds is 3. The number of piperazine rings is 1. The fourth-order valence-corrected chi connectivity index (χ4v) is 3.31. The molecule has 0 aliphatic carbocycles. The van der Waals surface area contributed by atoms with Crippen LogP contribution in [-0.2, 0) is 9.53 Å². The first-order valence-electron chi connectivity index (χ1n) is 7.89. The molecule has 2 aliphatic rings. The van der Waals surface area contributed by atoms with E-state index in [1.165, 1.54) is 0 Å². The summed E-state index contributed by atoms with van der Waals surface area (Å²) in [5.41, 5.74) is 0. The fraction of sp³-hybridized carbons (Fsp3) is 0.733. The van der Waals surface area contributed by atoms with E-state index < -0.39 is 0 Å². The summed E-state index contributed by atoms with van der Waals surface area (Å²) in [6.45, 7) is 6.93. The lowest BCUT2D eigenvalue weighted by atomic mass is 9.99. The van der Waals surface area contributed by atoms with Crippen LogP contribution in [0.15, 0.2) is 12.4 Å². The molecule has 0 radical (unpaired) electrons. The number of H-pyrrole nitrogens is 1. The molecule has 0 unspecified atom stereocenters. The minimum Gasteiger partial charge on any atom is -0.381 e. The molecule has 116 valence electrons. The van der Waals surface area contributed by atoms with Crippen LogP contribution in [0.1, 0.15) is 31.6 Å². The third kappa shape index (κ3) is 3.11. The van der Waals surface area contributed by atoms with Crippen LogP contribution in [0, 0.1) is 5.92 Å². The van der Waals surface area contributed by atoms with Crippen LogP contribution in [0.25, 0.3) is 0 Å². The third-order valence-electron chi connectivity index (χ3n) is 4.55. The number of carbonyl (C=O) groups is 1. The normalized spacial score (nSPS) is 27.8. The van der Waals surface area contributed by atoms with E-state index in [1.807, 2.05) is 11.1 Å². The van der Waals surface area contributed by atoms with Gasteiger partial charge in [-0.15, -0.1) is 0 Å². The van der Waals surface area contributed by atoms with Crippen molar-refractivity contribution in [3.63, 3.8) is 0 Å². The van der Waals surface area contributed by atoms with E-state index in [-0.39, 0.29) is 17.9 Å². The van der Waals surface area contributed by atoms with E-state index in [4.69, 9.17) is 4.74 Å². The van der Waals surface area contributed by atoms with Gasteiger partial charge in [-0.1, -0.05) is 6.92 Å². The van der Waals surface area contributed by atoms with Crippen LogP contribution in [0.4, 0.5) is 0 Å². The number of ether oxygens (including phenoxy) is 1. The number of aromatic amines is 1. The van der Waals surface area contributed by atoms with E-state index in [1.54, 1.807) is 6.20 Å². The molecule has 0 saturated carbocycles. The van der Waals surface area contributed by atoms with E-state index in [9.17, 15) is 4.79 Å². The molecule has 6 nitrogen and oxygen atoms in total. The molecule has 0 aromatic carbocycles. The Balaban J connectivity index is 1.68. The largest absolute Gasteiger partial charge is 0.381 e. The maximum Gasteiger partial charge on any atom is 0.228 e. The number of likely N-dealkylation sites (N-methyl/N-ethyl adjacent to an activating group) is 1. The van der Waals surface area contributed by atoms with Gasteiger partial charge in [-0.25, -0.2) is 4.98 Å². The summed E-state index contributed by atoms with van der Waals surface area (Å²) in [7, 11) is 0. The van der Waals surface area contributed by atoms with Gasteiger partial charge in [0, 0.05) is 38.6 Å². The summed E-state index contributed by atoms with van der Waals surface area (Å²) in [6, 6.07) is 0.173. The van der Waals surface area contributed by atoms with Crippen molar-refractivity contribution in [2.24, 2.45) is 5.92 Å². The topological polar surface area (TPSA) is 61.5 Å². The van der Waals surface area contributed by atoms with Crippen molar-refractivity contribution in [2.45, 2.75) is 25.8 Å². The molecule has 2 atom stereocenters. The summed E-state index contributed by atoms with van der Waals surface area (Å²) >= 11 is 0. The van der Waals surface area contributed by atoms with E-state index in [2.05, 4.69) is 21.8 Å². The highest BCUT2D eigenvalue weighted by Crippen LogP contribution is 2.25. The molecule has 1 N–H and O–H groups in total. The molecular formula is C15H24N4O2. The van der Waals surface area contributed by atoms with Crippen molar-refractivity contribution in [1.82, 2.24) is 19.8 Å². The van der Waals surface area contributed by atoms with Crippen molar-refractivity contribution in [1.29, 1.82) is 0 Å². The van der Waals surface area contributed by atoms with Gasteiger partial charge in [0.2, 0.25) is 5.91 Å². The van der Waals surface area contributed by atoms with Crippen molar-refractivity contribution in [3.05, 3.63) is 18.2 Å². The number of hydrogen-bond acceptors (Lipinski definition) is 4. The van der Waals surface area contributed by atoms with Gasteiger partial charge in [-0.05, 0) is 19.4 Å². The zero-order valence-corrected chi connectivity index (χ0v) is 12.6. The van der Waals surface area contributed by atoms with Gasteiger partial charge in [0.15, 0.2) is 0 Å². The van der Waals surface area contributed by atoms with E-state index in [0.717, 1.165) is 51.5 Å². The van der Waals surface area contributed by atoms with Crippen molar-refractivity contribution in [3.8, 4) is 0 Å². The van der Waals surface area contributed by atoms with Gasteiger partial charge in [0.05, 0.1) is 18.6 Å². The summed E-state index contributed by atoms with van der Waals surface area (Å²) in [5, 5.41) is 0. The Labute approximate surface area is 125 Å². The first kappa shape index (κ1) is 14.5. The maximum atomic E-state index is 12.7. The Morgan fingerprint density at radius 3 is 3.10 bits per heavy atom. The third-order valence-corrected chi connectivity index (χ3v) is 4.55. The first-order valence-corrected chi connectivity index (χ1v) is 7.89. The smallest absolute Gasteiger partial charge is 0.228 e. The van der Waals surface area contributed by atoms with Crippen LogP contribution in [0.3, 0.4) is 0 Å². The molecule has 21 heavy (non-hydrogen) atoms. The van der Waals surface area contributed by atoms with Crippen molar-refractivity contribution < 1.29 is 9.53 Å². The van der Waals surface area contributed by atoms with Gasteiger partial charge in [0.25, 0.3) is 0 Å². The maximum absolute atomic E-state index is 12.7. The zero-order chi connectivity index (χ0) is 14.7. The Morgan fingerprint density at radius 1 is 1.52 bits per heavy atom. The van der Waals surface area contributed by atoms with Crippen LogP contribution < -0.4 is 0 Å². The lowest BCUT2D eigenvalue weighted by molar-refractivity contribution is -0.142. The summed E-state index contributed by atoms with van der Waals surface area (Å²) in [6.07, 6.45) is 5.57. The minimum atomic E-state index is 0.0455. The molecular weight excluding hydrogens is 268 g/mol. The molecule has 2 fully saturated rings. The highest BCUT2D eigenvalue weighted by Gasteiger charge is 2.34. The Hall–Kier alpha value is -1.40. The van der Waals surface area contributed by atoms with Crippen molar-refractivity contribution >= 4 is 5.91 Å².